The summed E-state index contributed by atoms with van der Waals surface area (Å²) in [5, 5.41) is 9.79. The first-order valence-corrected chi connectivity index (χ1v) is 10.4. The third-order valence-corrected chi connectivity index (χ3v) is 4.27. The van der Waals surface area contributed by atoms with Gasteiger partial charge in [0, 0.05) is 0 Å². The topological polar surface area (TPSA) is 46.5 Å². The van der Waals surface area contributed by atoms with Crippen molar-refractivity contribution < 1.29 is 14.6 Å². The molecular weight excluding hydrogens is 371 g/mol. The van der Waals surface area contributed by atoms with Gasteiger partial charge in [-0.05, 0) is 6.42 Å². The predicted molar refractivity (Wildman–Crippen MR) is 103 cm³/mol. The Morgan fingerprint density at radius 2 is 1.38 bits per heavy atom. The Bertz CT molecular complexity index is 306. The van der Waals surface area contributed by atoms with E-state index in [-0.39, 0.29) is 13.0 Å². The van der Waals surface area contributed by atoms with Gasteiger partial charge in [-0.2, -0.15) is 0 Å². The predicted octanol–water partition coefficient (Wildman–Crippen LogP) is 6.35. The zero-order valence-electron chi connectivity index (χ0n) is 14.9. The molecule has 0 fully saturated rings. The molecule has 0 aliphatic rings. The second-order valence-electron chi connectivity index (χ2n) is 6.46. The maximum absolute atomic E-state index is 11.4. The number of unbranched alkanes of at least 4 members (excludes halogenated alkanes) is 10. The number of aliphatic hydroxyl groups excluding tert-OH is 1. The van der Waals surface area contributed by atoms with Crippen LogP contribution in [0.4, 0.5) is 0 Å². The molecule has 0 rings (SSSR count). The summed E-state index contributed by atoms with van der Waals surface area (Å²) in [6.45, 7) is 1.95. The molecule has 1 N–H and O–H groups in total. The van der Waals surface area contributed by atoms with Crippen LogP contribution in [-0.4, -0.2) is 27.6 Å². The highest BCUT2D eigenvalue weighted by atomic mass is 35.6. The first-order valence-electron chi connectivity index (χ1n) is 9.25. The van der Waals surface area contributed by atoms with Crippen LogP contribution in [0.15, 0.2) is 0 Å². The first-order chi connectivity index (χ1) is 11.3. The number of carbonyl (C=O) groups is 1. The van der Waals surface area contributed by atoms with Crippen molar-refractivity contribution in [1.82, 2.24) is 0 Å². The Morgan fingerprint density at radius 1 is 0.917 bits per heavy atom. The molecule has 3 nitrogen and oxygen atoms in total. The van der Waals surface area contributed by atoms with Gasteiger partial charge in [0.2, 0.25) is 3.79 Å². The SMILES string of the molecule is CCCCCCCCCCCCCC(O)CC(=O)OCC(Cl)(Cl)Cl. The lowest BCUT2D eigenvalue weighted by Gasteiger charge is -2.13. The van der Waals surface area contributed by atoms with Crippen LogP contribution < -0.4 is 0 Å². The number of halogens is 3. The summed E-state index contributed by atoms with van der Waals surface area (Å²) in [5.74, 6) is -0.531. The van der Waals surface area contributed by atoms with E-state index in [4.69, 9.17) is 39.5 Å². The molecule has 0 amide bonds. The monoisotopic (exact) mass is 402 g/mol. The summed E-state index contributed by atoms with van der Waals surface area (Å²) in [6.07, 6.45) is 13.8. The molecule has 0 aliphatic heterocycles. The molecule has 0 radical (unpaired) electrons. The number of aliphatic hydroxyl groups is 1. The lowest BCUT2D eigenvalue weighted by molar-refractivity contribution is -0.145. The Hall–Kier alpha value is 0.300. The van der Waals surface area contributed by atoms with E-state index < -0.39 is 15.9 Å². The van der Waals surface area contributed by atoms with E-state index in [2.05, 4.69) is 6.92 Å². The maximum atomic E-state index is 11.4. The molecule has 0 saturated carbocycles. The van der Waals surface area contributed by atoms with Crippen molar-refractivity contribution in [3.8, 4) is 0 Å². The molecule has 24 heavy (non-hydrogen) atoms. The molecule has 0 spiro atoms. The van der Waals surface area contributed by atoms with Crippen LogP contribution in [0.5, 0.6) is 0 Å². The number of hydrogen-bond donors (Lipinski definition) is 1. The zero-order valence-corrected chi connectivity index (χ0v) is 17.1. The van der Waals surface area contributed by atoms with Crippen LogP contribution in [0, 0.1) is 0 Å². The van der Waals surface area contributed by atoms with Crippen molar-refractivity contribution in [2.75, 3.05) is 6.61 Å². The van der Waals surface area contributed by atoms with Gasteiger partial charge in [0.25, 0.3) is 0 Å². The smallest absolute Gasteiger partial charge is 0.308 e. The Kier molecular flexibility index (Phi) is 15.7. The number of alkyl halides is 3. The average molecular weight is 404 g/mol. The van der Waals surface area contributed by atoms with E-state index in [1.54, 1.807) is 0 Å². The molecule has 144 valence electrons. The van der Waals surface area contributed by atoms with Gasteiger partial charge >= 0.3 is 5.97 Å². The Balaban J connectivity index is 3.37. The molecule has 0 aromatic carbocycles. The van der Waals surface area contributed by atoms with Crippen LogP contribution in [0.2, 0.25) is 0 Å². The largest absolute Gasteiger partial charge is 0.461 e. The summed E-state index contributed by atoms with van der Waals surface area (Å²) >= 11 is 16.5. The minimum Gasteiger partial charge on any atom is -0.461 e. The van der Waals surface area contributed by atoms with Gasteiger partial charge in [0.15, 0.2) is 0 Å². The highest BCUT2D eigenvalue weighted by Gasteiger charge is 2.22. The quantitative estimate of drug-likeness (QED) is 0.197. The molecular formula is C18H33Cl3O3. The molecule has 1 unspecified atom stereocenters. The van der Waals surface area contributed by atoms with Gasteiger partial charge in [-0.3, -0.25) is 4.79 Å². The van der Waals surface area contributed by atoms with E-state index >= 15 is 0 Å². The number of rotatable bonds is 15. The van der Waals surface area contributed by atoms with Gasteiger partial charge < -0.3 is 9.84 Å². The minimum absolute atomic E-state index is 0.0431. The van der Waals surface area contributed by atoms with Crippen LogP contribution in [-0.2, 0) is 9.53 Å². The lowest BCUT2D eigenvalue weighted by Crippen LogP contribution is -2.21. The third kappa shape index (κ3) is 18.6. The first kappa shape index (κ1) is 24.3. The molecule has 1 atom stereocenters. The van der Waals surface area contributed by atoms with Gasteiger partial charge in [-0.15, -0.1) is 0 Å². The molecule has 0 aromatic heterocycles. The maximum Gasteiger partial charge on any atom is 0.308 e. The van der Waals surface area contributed by atoms with Crippen molar-refractivity contribution in [2.24, 2.45) is 0 Å². The van der Waals surface area contributed by atoms with Crippen molar-refractivity contribution in [2.45, 2.75) is 100 Å². The molecule has 0 saturated heterocycles. The summed E-state index contributed by atoms with van der Waals surface area (Å²) < 4.78 is 3.19. The standard InChI is InChI=1S/C18H33Cl3O3/c1-2-3-4-5-6-7-8-9-10-11-12-13-16(22)14-17(23)24-15-18(19,20)21/h16,22H,2-15H2,1H3. The second kappa shape index (κ2) is 15.5. The number of esters is 1. The van der Waals surface area contributed by atoms with E-state index in [1.165, 1.54) is 57.8 Å². The molecule has 0 bridgehead atoms. The number of carbonyl (C=O) groups excluding carboxylic acids is 1. The Morgan fingerprint density at radius 3 is 1.83 bits per heavy atom. The fourth-order valence-corrected chi connectivity index (χ4v) is 2.72. The van der Waals surface area contributed by atoms with E-state index in [1.807, 2.05) is 0 Å². The van der Waals surface area contributed by atoms with Crippen molar-refractivity contribution >= 4 is 40.8 Å². The average Bonchev–Trinajstić information content (AvgIpc) is 2.50. The summed E-state index contributed by atoms with van der Waals surface area (Å²) in [6, 6.07) is 0. The summed E-state index contributed by atoms with van der Waals surface area (Å²) in [4.78, 5) is 11.4. The van der Waals surface area contributed by atoms with Gasteiger partial charge in [-0.25, -0.2) is 0 Å². The van der Waals surface area contributed by atoms with Crippen LogP contribution in [0.3, 0.4) is 0 Å². The third-order valence-electron chi connectivity index (χ3n) is 3.94. The zero-order chi connectivity index (χ0) is 18.3. The second-order valence-corrected chi connectivity index (χ2v) is 8.97. The van der Waals surface area contributed by atoms with Gasteiger partial charge in [-0.1, -0.05) is 112 Å². The molecule has 0 aromatic rings. The fraction of sp³-hybridized carbons (Fsp3) is 0.944. The number of ether oxygens (including phenoxy) is 1. The minimum atomic E-state index is -1.60. The highest BCUT2D eigenvalue weighted by molar-refractivity contribution is 6.67. The number of hydrogen-bond acceptors (Lipinski definition) is 3. The summed E-state index contributed by atoms with van der Waals surface area (Å²) in [5.41, 5.74) is 0. The van der Waals surface area contributed by atoms with E-state index in [0.717, 1.165) is 12.8 Å². The molecule has 0 heterocycles. The van der Waals surface area contributed by atoms with Crippen molar-refractivity contribution in [3.63, 3.8) is 0 Å². The van der Waals surface area contributed by atoms with Gasteiger partial charge in [0.1, 0.15) is 6.61 Å². The molecule has 0 aliphatic carbocycles. The molecule has 6 heteroatoms. The fourth-order valence-electron chi connectivity index (χ4n) is 2.56. The summed E-state index contributed by atoms with van der Waals surface area (Å²) in [7, 11) is 0. The van der Waals surface area contributed by atoms with Crippen LogP contribution in [0.1, 0.15) is 90.4 Å². The van der Waals surface area contributed by atoms with Crippen molar-refractivity contribution in [3.05, 3.63) is 0 Å². The van der Waals surface area contributed by atoms with Crippen LogP contribution in [0.25, 0.3) is 0 Å². The highest BCUT2D eigenvalue weighted by Crippen LogP contribution is 2.26. The van der Waals surface area contributed by atoms with Crippen LogP contribution >= 0.6 is 34.8 Å². The Labute approximate surface area is 162 Å². The van der Waals surface area contributed by atoms with E-state index in [9.17, 15) is 9.90 Å². The van der Waals surface area contributed by atoms with E-state index in [0.29, 0.717) is 6.42 Å². The normalized spacial score (nSPS) is 13.0. The van der Waals surface area contributed by atoms with Gasteiger partial charge in [0.05, 0.1) is 12.5 Å². The lowest BCUT2D eigenvalue weighted by atomic mass is 10.0. The van der Waals surface area contributed by atoms with Crippen molar-refractivity contribution in [1.29, 1.82) is 0 Å².